The van der Waals surface area contributed by atoms with Crippen molar-refractivity contribution in [2.45, 2.75) is 6.92 Å². The minimum absolute atomic E-state index is 0.145. The molecule has 0 N–H and O–H groups in total. The molecule has 0 aromatic heterocycles. The monoisotopic (exact) mass is 369 g/mol. The van der Waals surface area contributed by atoms with Gasteiger partial charge in [0, 0.05) is 11.6 Å². The SMILES string of the molecule is COc1cc2c(cc1C=C1SC(=O)N(c3ccc(C)cc3)C1=O)OCO2. The number of fused-ring (bicyclic) bond motifs is 1. The van der Waals surface area contributed by atoms with Crippen LogP contribution in [-0.2, 0) is 4.79 Å². The Morgan fingerprint density at radius 1 is 1.12 bits per heavy atom. The summed E-state index contributed by atoms with van der Waals surface area (Å²) in [6.45, 7) is 2.09. The quantitative estimate of drug-likeness (QED) is 0.763. The number of methoxy groups -OCH3 is 1. The third kappa shape index (κ3) is 2.80. The van der Waals surface area contributed by atoms with Gasteiger partial charge in [-0.1, -0.05) is 17.7 Å². The molecule has 2 aliphatic rings. The highest BCUT2D eigenvalue weighted by Gasteiger charge is 2.36. The fourth-order valence-electron chi connectivity index (χ4n) is 2.75. The first-order valence-electron chi connectivity index (χ1n) is 7.89. The summed E-state index contributed by atoms with van der Waals surface area (Å²) >= 11 is 0.899. The van der Waals surface area contributed by atoms with E-state index in [2.05, 4.69) is 0 Å². The van der Waals surface area contributed by atoms with Gasteiger partial charge in [0.1, 0.15) is 5.75 Å². The van der Waals surface area contributed by atoms with E-state index in [4.69, 9.17) is 14.2 Å². The lowest BCUT2D eigenvalue weighted by molar-refractivity contribution is -0.113. The topological polar surface area (TPSA) is 65.1 Å². The number of ether oxygens (including phenoxy) is 3. The molecule has 0 bridgehead atoms. The Morgan fingerprint density at radius 3 is 2.50 bits per heavy atom. The fraction of sp³-hybridized carbons (Fsp3) is 0.158. The van der Waals surface area contributed by atoms with Crippen LogP contribution in [0.4, 0.5) is 10.5 Å². The molecule has 7 heteroatoms. The van der Waals surface area contributed by atoms with Crippen molar-refractivity contribution in [1.82, 2.24) is 0 Å². The van der Waals surface area contributed by atoms with E-state index >= 15 is 0 Å². The number of anilines is 1. The summed E-state index contributed by atoms with van der Waals surface area (Å²) in [5, 5.41) is -0.329. The Labute approximate surface area is 154 Å². The Hall–Kier alpha value is -2.93. The van der Waals surface area contributed by atoms with Crippen LogP contribution in [0.1, 0.15) is 11.1 Å². The average Bonchev–Trinajstić information content (AvgIpc) is 3.19. The van der Waals surface area contributed by atoms with Crippen molar-refractivity contribution in [1.29, 1.82) is 0 Å². The number of benzene rings is 2. The van der Waals surface area contributed by atoms with Crippen LogP contribution in [0, 0.1) is 6.92 Å². The smallest absolute Gasteiger partial charge is 0.298 e. The van der Waals surface area contributed by atoms with E-state index in [0.29, 0.717) is 33.4 Å². The molecule has 4 rings (SSSR count). The summed E-state index contributed by atoms with van der Waals surface area (Å²) in [4.78, 5) is 26.6. The van der Waals surface area contributed by atoms with E-state index in [9.17, 15) is 9.59 Å². The van der Waals surface area contributed by atoms with Crippen LogP contribution in [0.3, 0.4) is 0 Å². The summed E-state index contributed by atoms with van der Waals surface area (Å²) in [7, 11) is 1.53. The first-order chi connectivity index (χ1) is 12.6. The van der Waals surface area contributed by atoms with Crippen LogP contribution in [0.15, 0.2) is 41.3 Å². The van der Waals surface area contributed by atoms with Gasteiger partial charge in [-0.25, -0.2) is 4.90 Å². The maximum Gasteiger partial charge on any atom is 0.298 e. The zero-order valence-corrected chi connectivity index (χ0v) is 15.0. The van der Waals surface area contributed by atoms with Crippen LogP contribution in [0.25, 0.3) is 6.08 Å². The Kier molecular flexibility index (Phi) is 4.08. The van der Waals surface area contributed by atoms with Gasteiger partial charge in [0.15, 0.2) is 11.5 Å². The molecule has 2 amide bonds. The summed E-state index contributed by atoms with van der Waals surface area (Å²) in [5.74, 6) is 1.35. The molecule has 6 nitrogen and oxygen atoms in total. The zero-order valence-electron chi connectivity index (χ0n) is 14.1. The minimum Gasteiger partial charge on any atom is -0.496 e. The molecule has 0 atom stereocenters. The first kappa shape index (κ1) is 16.5. The number of carbonyl (C=O) groups is 2. The van der Waals surface area contributed by atoms with Crippen molar-refractivity contribution < 1.29 is 23.8 Å². The summed E-state index contributed by atoms with van der Waals surface area (Å²) in [6, 6.07) is 10.7. The molecule has 2 aromatic rings. The van der Waals surface area contributed by atoms with Crippen molar-refractivity contribution in [2.24, 2.45) is 0 Å². The van der Waals surface area contributed by atoms with Crippen LogP contribution in [-0.4, -0.2) is 25.0 Å². The fourth-order valence-corrected chi connectivity index (χ4v) is 3.59. The largest absolute Gasteiger partial charge is 0.496 e. The molecule has 26 heavy (non-hydrogen) atoms. The second-order valence-corrected chi connectivity index (χ2v) is 6.79. The number of thioether (sulfide) groups is 1. The Bertz CT molecular complexity index is 936. The van der Waals surface area contributed by atoms with Gasteiger partial charge in [-0.05, 0) is 43.0 Å². The third-order valence-corrected chi connectivity index (χ3v) is 4.97. The second kappa shape index (κ2) is 6.42. The number of amides is 2. The van der Waals surface area contributed by atoms with Crippen molar-refractivity contribution in [3.63, 3.8) is 0 Å². The highest BCUT2D eigenvalue weighted by molar-refractivity contribution is 8.19. The van der Waals surface area contributed by atoms with Crippen molar-refractivity contribution in [3.8, 4) is 17.2 Å². The van der Waals surface area contributed by atoms with Gasteiger partial charge in [0.2, 0.25) is 6.79 Å². The van der Waals surface area contributed by atoms with E-state index in [1.807, 2.05) is 19.1 Å². The molecular formula is C19H15NO5S. The molecule has 1 fully saturated rings. The van der Waals surface area contributed by atoms with Crippen LogP contribution >= 0.6 is 11.8 Å². The molecule has 0 saturated carbocycles. The maximum atomic E-state index is 12.8. The van der Waals surface area contributed by atoms with E-state index in [1.165, 1.54) is 12.0 Å². The molecule has 2 aliphatic heterocycles. The second-order valence-electron chi connectivity index (χ2n) is 5.80. The van der Waals surface area contributed by atoms with Crippen LogP contribution < -0.4 is 19.1 Å². The van der Waals surface area contributed by atoms with Crippen molar-refractivity contribution >= 4 is 34.7 Å². The van der Waals surface area contributed by atoms with Gasteiger partial charge in [-0.3, -0.25) is 9.59 Å². The highest BCUT2D eigenvalue weighted by Crippen LogP contribution is 2.41. The number of nitrogens with zero attached hydrogens (tertiary/aromatic N) is 1. The lowest BCUT2D eigenvalue weighted by Gasteiger charge is -2.12. The highest BCUT2D eigenvalue weighted by atomic mass is 32.2. The van der Waals surface area contributed by atoms with E-state index in [-0.39, 0.29) is 17.9 Å². The van der Waals surface area contributed by atoms with Gasteiger partial charge in [0.25, 0.3) is 11.1 Å². The normalized spacial score (nSPS) is 17.3. The van der Waals surface area contributed by atoms with Gasteiger partial charge in [0.05, 0.1) is 17.7 Å². The first-order valence-corrected chi connectivity index (χ1v) is 8.71. The van der Waals surface area contributed by atoms with E-state index in [1.54, 1.807) is 30.3 Å². The van der Waals surface area contributed by atoms with Gasteiger partial charge < -0.3 is 14.2 Å². The molecule has 1 saturated heterocycles. The standard InChI is InChI=1S/C19H15NO5S/c1-11-3-5-13(6-4-11)20-18(21)17(26-19(20)22)8-12-7-15-16(25-10-24-15)9-14(12)23-2/h3-9H,10H2,1-2H3. The van der Waals surface area contributed by atoms with Crippen LogP contribution in [0.5, 0.6) is 17.2 Å². The molecule has 0 aliphatic carbocycles. The number of rotatable bonds is 3. The van der Waals surface area contributed by atoms with Crippen molar-refractivity contribution in [2.75, 3.05) is 18.8 Å². The van der Waals surface area contributed by atoms with Gasteiger partial charge >= 0.3 is 0 Å². The predicted molar refractivity (Wildman–Crippen MR) is 98.7 cm³/mol. The number of carbonyl (C=O) groups excluding carboxylic acids is 2. The van der Waals surface area contributed by atoms with Crippen molar-refractivity contribution in [3.05, 3.63) is 52.4 Å². The third-order valence-electron chi connectivity index (χ3n) is 4.10. The van der Waals surface area contributed by atoms with Crippen LogP contribution in [0.2, 0.25) is 0 Å². The predicted octanol–water partition coefficient (Wildman–Crippen LogP) is 3.97. The molecule has 132 valence electrons. The Balaban J connectivity index is 1.70. The molecular weight excluding hydrogens is 354 g/mol. The maximum absolute atomic E-state index is 12.8. The van der Waals surface area contributed by atoms with Gasteiger partial charge in [-0.15, -0.1) is 0 Å². The summed E-state index contributed by atoms with van der Waals surface area (Å²) < 4.78 is 16.1. The lowest BCUT2D eigenvalue weighted by Crippen LogP contribution is -2.27. The van der Waals surface area contributed by atoms with E-state index < -0.39 is 0 Å². The number of hydrogen-bond acceptors (Lipinski definition) is 6. The lowest BCUT2D eigenvalue weighted by atomic mass is 10.1. The van der Waals surface area contributed by atoms with Gasteiger partial charge in [-0.2, -0.15) is 0 Å². The molecule has 0 radical (unpaired) electrons. The zero-order chi connectivity index (χ0) is 18.3. The summed E-state index contributed by atoms with van der Waals surface area (Å²) in [5.41, 5.74) is 2.26. The minimum atomic E-state index is -0.358. The molecule has 2 heterocycles. The molecule has 0 spiro atoms. The molecule has 2 aromatic carbocycles. The number of imide groups is 1. The average molecular weight is 369 g/mol. The molecule has 0 unspecified atom stereocenters. The Morgan fingerprint density at radius 2 is 1.81 bits per heavy atom. The number of hydrogen-bond donors (Lipinski definition) is 0. The summed E-state index contributed by atoms with van der Waals surface area (Å²) in [6.07, 6.45) is 1.64. The number of aryl methyl sites for hydroxylation is 1. The van der Waals surface area contributed by atoms with E-state index in [0.717, 1.165) is 17.3 Å².